The predicted octanol–water partition coefficient (Wildman–Crippen LogP) is 2.67. The largest absolute Gasteiger partial charge is 0.461 e. The standard InChI is InChI=1S/C7H15NO2.C7H8/c1-3-6(4-2)10-7(9)5-8;1-7-5-3-2-4-6-7/h6H,3-5,8H2,1-2H3;2-6H,1H3. The van der Waals surface area contributed by atoms with Crippen molar-refractivity contribution in [2.45, 2.75) is 39.7 Å². The van der Waals surface area contributed by atoms with Gasteiger partial charge in [-0.05, 0) is 19.8 Å². The molecule has 0 fully saturated rings. The zero-order chi connectivity index (χ0) is 13.1. The molecule has 1 aromatic rings. The van der Waals surface area contributed by atoms with Crippen molar-refractivity contribution >= 4 is 5.97 Å². The van der Waals surface area contributed by atoms with E-state index in [1.54, 1.807) is 0 Å². The maximum Gasteiger partial charge on any atom is 0.319 e. The van der Waals surface area contributed by atoms with Gasteiger partial charge in [0.25, 0.3) is 0 Å². The van der Waals surface area contributed by atoms with Crippen LogP contribution in [-0.4, -0.2) is 18.6 Å². The average molecular weight is 237 g/mol. The Bertz CT molecular complexity index is 294. The molecule has 0 atom stereocenters. The van der Waals surface area contributed by atoms with Crippen LogP contribution in [0.1, 0.15) is 32.3 Å². The minimum Gasteiger partial charge on any atom is -0.461 e. The number of carbonyl (C=O) groups is 1. The third-order valence-electron chi connectivity index (χ3n) is 2.32. The van der Waals surface area contributed by atoms with Crippen LogP contribution in [0.15, 0.2) is 30.3 Å². The summed E-state index contributed by atoms with van der Waals surface area (Å²) in [5, 5.41) is 0. The Kier molecular flexibility index (Phi) is 9.06. The molecule has 2 N–H and O–H groups in total. The molecule has 0 saturated heterocycles. The van der Waals surface area contributed by atoms with Crippen molar-refractivity contribution in [3.05, 3.63) is 35.9 Å². The third-order valence-corrected chi connectivity index (χ3v) is 2.32. The van der Waals surface area contributed by atoms with Crippen LogP contribution in [0.2, 0.25) is 0 Å². The van der Waals surface area contributed by atoms with E-state index < -0.39 is 0 Å². The quantitative estimate of drug-likeness (QED) is 0.819. The number of ether oxygens (including phenoxy) is 1. The van der Waals surface area contributed by atoms with E-state index in [0.29, 0.717) is 0 Å². The first-order valence-electron chi connectivity index (χ1n) is 6.05. The Hall–Kier alpha value is -1.35. The SMILES string of the molecule is CCC(CC)OC(=O)CN.Cc1ccccc1. The monoisotopic (exact) mass is 237 g/mol. The molecule has 0 aliphatic heterocycles. The van der Waals surface area contributed by atoms with E-state index in [-0.39, 0.29) is 18.6 Å². The fourth-order valence-corrected chi connectivity index (χ4v) is 1.22. The van der Waals surface area contributed by atoms with Crippen LogP contribution in [-0.2, 0) is 9.53 Å². The summed E-state index contributed by atoms with van der Waals surface area (Å²) in [6.07, 6.45) is 1.78. The van der Waals surface area contributed by atoms with Crippen LogP contribution in [0, 0.1) is 6.92 Å². The van der Waals surface area contributed by atoms with Crippen LogP contribution in [0.5, 0.6) is 0 Å². The molecular formula is C14H23NO2. The zero-order valence-corrected chi connectivity index (χ0v) is 11.0. The van der Waals surface area contributed by atoms with Crippen LogP contribution in [0.25, 0.3) is 0 Å². The Morgan fingerprint density at radius 2 is 1.76 bits per heavy atom. The van der Waals surface area contributed by atoms with E-state index in [9.17, 15) is 4.79 Å². The first kappa shape index (κ1) is 15.7. The van der Waals surface area contributed by atoms with Crippen molar-refractivity contribution in [3.63, 3.8) is 0 Å². The highest BCUT2D eigenvalue weighted by Gasteiger charge is 2.07. The highest BCUT2D eigenvalue weighted by atomic mass is 16.5. The molecule has 0 saturated carbocycles. The topological polar surface area (TPSA) is 52.3 Å². The molecule has 3 nitrogen and oxygen atoms in total. The molecule has 0 unspecified atom stereocenters. The summed E-state index contributed by atoms with van der Waals surface area (Å²) < 4.78 is 4.93. The van der Waals surface area contributed by atoms with Gasteiger partial charge in [-0.15, -0.1) is 0 Å². The molecule has 1 aromatic carbocycles. The average Bonchev–Trinajstić information content (AvgIpc) is 2.37. The summed E-state index contributed by atoms with van der Waals surface area (Å²) in [4.78, 5) is 10.6. The van der Waals surface area contributed by atoms with E-state index in [1.165, 1.54) is 5.56 Å². The van der Waals surface area contributed by atoms with Crippen LogP contribution < -0.4 is 5.73 Å². The lowest BCUT2D eigenvalue weighted by atomic mass is 10.2. The lowest BCUT2D eigenvalue weighted by Crippen LogP contribution is -2.22. The maximum absolute atomic E-state index is 10.6. The van der Waals surface area contributed by atoms with Gasteiger partial charge in [-0.2, -0.15) is 0 Å². The van der Waals surface area contributed by atoms with Crippen molar-refractivity contribution < 1.29 is 9.53 Å². The van der Waals surface area contributed by atoms with Crippen molar-refractivity contribution in [1.29, 1.82) is 0 Å². The summed E-state index contributed by atoms with van der Waals surface area (Å²) in [7, 11) is 0. The van der Waals surface area contributed by atoms with Gasteiger partial charge in [0.1, 0.15) is 6.10 Å². The number of hydrogen-bond acceptors (Lipinski definition) is 3. The van der Waals surface area contributed by atoms with Gasteiger partial charge in [-0.25, -0.2) is 0 Å². The Labute approximate surface area is 104 Å². The van der Waals surface area contributed by atoms with Gasteiger partial charge in [0, 0.05) is 0 Å². The van der Waals surface area contributed by atoms with Gasteiger partial charge in [0.15, 0.2) is 0 Å². The summed E-state index contributed by atoms with van der Waals surface area (Å²) in [5.74, 6) is -0.311. The minimum absolute atomic E-state index is 0.0174. The fourth-order valence-electron chi connectivity index (χ4n) is 1.22. The highest BCUT2D eigenvalue weighted by molar-refractivity contribution is 5.71. The normalized spacial score (nSPS) is 9.47. The number of rotatable bonds is 4. The highest BCUT2D eigenvalue weighted by Crippen LogP contribution is 2.01. The number of aryl methyl sites for hydroxylation is 1. The van der Waals surface area contributed by atoms with Crippen LogP contribution in [0.3, 0.4) is 0 Å². The number of esters is 1. The second kappa shape index (κ2) is 9.85. The van der Waals surface area contributed by atoms with E-state index >= 15 is 0 Å². The molecule has 0 aliphatic carbocycles. The van der Waals surface area contributed by atoms with Crippen molar-refractivity contribution in [2.24, 2.45) is 5.73 Å². The lowest BCUT2D eigenvalue weighted by molar-refractivity contribution is -0.147. The van der Waals surface area contributed by atoms with Gasteiger partial charge in [0.2, 0.25) is 0 Å². The number of hydrogen-bond donors (Lipinski definition) is 1. The molecule has 0 aliphatic rings. The molecule has 3 heteroatoms. The molecule has 17 heavy (non-hydrogen) atoms. The molecule has 0 bridgehead atoms. The molecular weight excluding hydrogens is 214 g/mol. The van der Waals surface area contributed by atoms with E-state index in [2.05, 4.69) is 19.1 Å². The first-order chi connectivity index (χ1) is 8.13. The predicted molar refractivity (Wildman–Crippen MR) is 70.7 cm³/mol. The van der Waals surface area contributed by atoms with Crippen molar-refractivity contribution in [1.82, 2.24) is 0 Å². The Balaban J connectivity index is 0.000000318. The van der Waals surface area contributed by atoms with Gasteiger partial charge < -0.3 is 10.5 Å². The zero-order valence-electron chi connectivity index (χ0n) is 11.0. The smallest absolute Gasteiger partial charge is 0.319 e. The van der Waals surface area contributed by atoms with E-state index in [4.69, 9.17) is 10.5 Å². The van der Waals surface area contributed by atoms with Gasteiger partial charge in [-0.3, -0.25) is 4.79 Å². The molecule has 96 valence electrons. The molecule has 1 rings (SSSR count). The molecule has 0 amide bonds. The first-order valence-corrected chi connectivity index (χ1v) is 6.05. The van der Waals surface area contributed by atoms with Crippen molar-refractivity contribution in [2.75, 3.05) is 6.54 Å². The lowest BCUT2D eigenvalue weighted by Gasteiger charge is -2.12. The Morgan fingerprint density at radius 3 is 2.06 bits per heavy atom. The second-order valence-electron chi connectivity index (χ2n) is 3.79. The minimum atomic E-state index is -0.311. The van der Waals surface area contributed by atoms with Crippen molar-refractivity contribution in [3.8, 4) is 0 Å². The summed E-state index contributed by atoms with van der Waals surface area (Å²) in [5.41, 5.74) is 6.38. The van der Waals surface area contributed by atoms with E-state index in [1.807, 2.05) is 32.0 Å². The summed E-state index contributed by atoms with van der Waals surface area (Å²) in [6, 6.07) is 10.3. The number of nitrogens with two attached hydrogens (primary N) is 1. The summed E-state index contributed by atoms with van der Waals surface area (Å²) >= 11 is 0. The molecule has 0 radical (unpaired) electrons. The van der Waals surface area contributed by atoms with Gasteiger partial charge in [-0.1, -0.05) is 49.7 Å². The van der Waals surface area contributed by atoms with Gasteiger partial charge >= 0.3 is 5.97 Å². The second-order valence-corrected chi connectivity index (χ2v) is 3.79. The summed E-state index contributed by atoms with van der Waals surface area (Å²) in [6.45, 7) is 6.03. The van der Waals surface area contributed by atoms with Crippen LogP contribution >= 0.6 is 0 Å². The van der Waals surface area contributed by atoms with Crippen LogP contribution in [0.4, 0.5) is 0 Å². The fraction of sp³-hybridized carbons (Fsp3) is 0.500. The molecule has 0 heterocycles. The van der Waals surface area contributed by atoms with Gasteiger partial charge in [0.05, 0.1) is 6.54 Å². The molecule has 0 spiro atoms. The number of benzene rings is 1. The number of carbonyl (C=O) groups excluding carboxylic acids is 1. The third kappa shape index (κ3) is 8.46. The maximum atomic E-state index is 10.6. The molecule has 0 aromatic heterocycles. The van der Waals surface area contributed by atoms with E-state index in [0.717, 1.165) is 12.8 Å². The Morgan fingerprint density at radius 1 is 1.24 bits per heavy atom.